The van der Waals surface area contributed by atoms with Gasteiger partial charge in [-0.2, -0.15) is 0 Å². The summed E-state index contributed by atoms with van der Waals surface area (Å²) in [6.07, 6.45) is -0.431. The highest BCUT2D eigenvalue weighted by Gasteiger charge is 2.26. The summed E-state index contributed by atoms with van der Waals surface area (Å²) in [7, 11) is -2.59. The van der Waals surface area contributed by atoms with E-state index in [4.69, 9.17) is 9.47 Å². The first-order valence-electron chi connectivity index (χ1n) is 9.90. The average Bonchev–Trinajstić information content (AvgIpc) is 3.05. The number of methoxy groups -OCH3 is 1. The highest BCUT2D eigenvalue weighted by Crippen LogP contribution is 2.33. The summed E-state index contributed by atoms with van der Waals surface area (Å²) in [5.41, 5.74) is 0.670. The van der Waals surface area contributed by atoms with Gasteiger partial charge in [-0.1, -0.05) is 12.1 Å². The second kappa shape index (κ2) is 8.59. The summed E-state index contributed by atoms with van der Waals surface area (Å²) >= 11 is 0. The number of aromatic nitrogens is 1. The van der Waals surface area contributed by atoms with Crippen LogP contribution in [0.3, 0.4) is 0 Å². The number of halogens is 1. The summed E-state index contributed by atoms with van der Waals surface area (Å²) in [6, 6.07) is 16.5. The molecule has 33 heavy (non-hydrogen) atoms. The lowest BCUT2D eigenvalue weighted by molar-refractivity contribution is -0.136. The predicted octanol–water partition coefficient (Wildman–Crippen LogP) is 4.75. The van der Waals surface area contributed by atoms with Gasteiger partial charge in [0.25, 0.3) is 10.0 Å². The van der Waals surface area contributed by atoms with Crippen LogP contribution in [0.15, 0.2) is 71.6 Å². The summed E-state index contributed by atoms with van der Waals surface area (Å²) in [4.78, 5) is 11.3. The minimum absolute atomic E-state index is 0.0268. The molecule has 9 heteroatoms. The van der Waals surface area contributed by atoms with Crippen LogP contribution in [0.4, 0.5) is 4.39 Å². The lowest BCUT2D eigenvalue weighted by Crippen LogP contribution is -2.15. The Labute approximate surface area is 189 Å². The molecule has 3 aromatic carbocycles. The van der Waals surface area contributed by atoms with Crippen LogP contribution in [0.25, 0.3) is 10.9 Å². The number of para-hydroxylation sites is 2. The minimum atomic E-state index is -4.11. The molecule has 1 N–H and O–H groups in total. The van der Waals surface area contributed by atoms with Crippen molar-refractivity contribution in [2.45, 2.75) is 18.2 Å². The first-order valence-corrected chi connectivity index (χ1v) is 11.3. The molecule has 170 valence electrons. The summed E-state index contributed by atoms with van der Waals surface area (Å²) in [5.74, 6) is -0.315. The molecule has 0 aliphatic rings. The monoisotopic (exact) mass is 469 g/mol. The third-order valence-electron chi connectivity index (χ3n) is 5.23. The van der Waals surface area contributed by atoms with E-state index in [1.807, 2.05) is 0 Å². The first-order chi connectivity index (χ1) is 15.7. The largest absolute Gasteiger partial charge is 0.493 e. The van der Waals surface area contributed by atoms with E-state index in [1.165, 1.54) is 44.4 Å². The maximum atomic E-state index is 13.9. The highest BCUT2D eigenvalue weighted by atomic mass is 32.2. The number of rotatable bonds is 7. The Hall–Kier alpha value is -3.85. The van der Waals surface area contributed by atoms with Gasteiger partial charge in [0.2, 0.25) is 0 Å². The topological polar surface area (TPSA) is 94.8 Å². The number of fused-ring (bicyclic) bond motifs is 1. The fourth-order valence-corrected chi connectivity index (χ4v) is 5.30. The van der Waals surface area contributed by atoms with Gasteiger partial charge in [0.05, 0.1) is 23.9 Å². The number of nitrogens with zero attached hydrogens (tertiary/aromatic N) is 1. The Morgan fingerprint density at radius 3 is 2.33 bits per heavy atom. The Bertz CT molecular complexity index is 1460. The molecule has 0 bridgehead atoms. The van der Waals surface area contributed by atoms with Gasteiger partial charge in [-0.05, 0) is 67.1 Å². The molecule has 4 rings (SSSR count). The molecule has 0 saturated carbocycles. The molecule has 0 saturated heterocycles. The zero-order chi connectivity index (χ0) is 23.8. The standard InChI is InChI=1S/C24H20FNO6S/c1-15-19(14-24(27)28)20-13-16(25)7-12-21(20)26(15)33(29,30)18-10-8-17(9-11-18)32-23-6-4-3-5-22(23)31-2/h3-13H,14H2,1-2H3,(H,27,28). The predicted molar refractivity (Wildman–Crippen MR) is 120 cm³/mol. The highest BCUT2D eigenvalue weighted by molar-refractivity contribution is 7.90. The van der Waals surface area contributed by atoms with Crippen molar-refractivity contribution < 1.29 is 32.2 Å². The molecule has 0 unspecified atom stereocenters. The van der Waals surface area contributed by atoms with Crippen LogP contribution in [-0.2, 0) is 21.2 Å². The molecule has 1 heterocycles. The average molecular weight is 469 g/mol. The second-order valence-electron chi connectivity index (χ2n) is 7.29. The van der Waals surface area contributed by atoms with E-state index in [9.17, 15) is 22.7 Å². The van der Waals surface area contributed by atoms with Crippen molar-refractivity contribution in [3.8, 4) is 17.2 Å². The number of ether oxygens (including phenoxy) is 2. The van der Waals surface area contributed by atoms with Crippen LogP contribution in [0, 0.1) is 12.7 Å². The van der Waals surface area contributed by atoms with E-state index >= 15 is 0 Å². The number of aliphatic carboxylic acids is 1. The zero-order valence-corrected chi connectivity index (χ0v) is 18.6. The van der Waals surface area contributed by atoms with E-state index in [1.54, 1.807) is 24.3 Å². The first kappa shape index (κ1) is 22.3. The maximum absolute atomic E-state index is 13.9. The molecule has 1 aromatic heterocycles. The molecule has 0 radical (unpaired) electrons. The van der Waals surface area contributed by atoms with Crippen LogP contribution in [0.2, 0.25) is 0 Å². The Kier molecular flexibility index (Phi) is 5.82. The van der Waals surface area contributed by atoms with E-state index < -0.39 is 28.2 Å². The van der Waals surface area contributed by atoms with Gasteiger partial charge in [0, 0.05) is 11.1 Å². The number of hydrogen-bond acceptors (Lipinski definition) is 5. The Balaban J connectivity index is 1.76. The van der Waals surface area contributed by atoms with Crippen molar-refractivity contribution in [1.29, 1.82) is 0 Å². The lowest BCUT2D eigenvalue weighted by Gasteiger charge is -2.12. The van der Waals surface area contributed by atoms with E-state index in [0.29, 0.717) is 17.2 Å². The molecule has 0 aliphatic heterocycles. The SMILES string of the molecule is COc1ccccc1Oc1ccc(S(=O)(=O)n2c(C)c(CC(=O)O)c3cc(F)ccc32)cc1. The molecular weight excluding hydrogens is 449 g/mol. The van der Waals surface area contributed by atoms with Crippen molar-refractivity contribution in [1.82, 2.24) is 3.97 Å². The van der Waals surface area contributed by atoms with Gasteiger partial charge in [-0.15, -0.1) is 0 Å². The number of carboxylic acid groups (broad SMARTS) is 1. The van der Waals surface area contributed by atoms with Gasteiger partial charge >= 0.3 is 5.97 Å². The molecule has 7 nitrogen and oxygen atoms in total. The molecule has 0 spiro atoms. The van der Waals surface area contributed by atoms with Gasteiger partial charge in [0.15, 0.2) is 11.5 Å². The van der Waals surface area contributed by atoms with Crippen LogP contribution in [0.1, 0.15) is 11.3 Å². The van der Waals surface area contributed by atoms with Crippen LogP contribution in [0.5, 0.6) is 17.2 Å². The third kappa shape index (κ3) is 4.14. The summed E-state index contributed by atoms with van der Waals surface area (Å²) < 4.78 is 52.9. The molecule has 4 aromatic rings. The van der Waals surface area contributed by atoms with E-state index in [2.05, 4.69) is 0 Å². The van der Waals surface area contributed by atoms with E-state index in [-0.39, 0.29) is 27.1 Å². The molecular formula is C24H20FNO6S. The van der Waals surface area contributed by atoms with Crippen molar-refractivity contribution in [3.05, 3.63) is 83.8 Å². The third-order valence-corrected chi connectivity index (χ3v) is 7.05. The fraction of sp³-hybridized carbons (Fsp3) is 0.125. The van der Waals surface area contributed by atoms with Gasteiger partial charge in [-0.25, -0.2) is 16.8 Å². The quantitative estimate of drug-likeness (QED) is 0.420. The van der Waals surface area contributed by atoms with Crippen molar-refractivity contribution in [2.75, 3.05) is 7.11 Å². The number of hydrogen-bond donors (Lipinski definition) is 1. The summed E-state index contributed by atoms with van der Waals surface area (Å²) in [5, 5.41) is 9.51. The van der Waals surface area contributed by atoms with Crippen molar-refractivity contribution in [2.24, 2.45) is 0 Å². The number of benzene rings is 3. The van der Waals surface area contributed by atoms with Gasteiger partial charge in [0.1, 0.15) is 11.6 Å². The maximum Gasteiger partial charge on any atom is 0.307 e. The number of carboxylic acids is 1. The van der Waals surface area contributed by atoms with Crippen molar-refractivity contribution >= 4 is 26.9 Å². The Morgan fingerprint density at radius 2 is 1.70 bits per heavy atom. The van der Waals surface area contributed by atoms with Crippen LogP contribution in [-0.4, -0.2) is 30.6 Å². The lowest BCUT2D eigenvalue weighted by atomic mass is 10.1. The van der Waals surface area contributed by atoms with Crippen LogP contribution >= 0.6 is 0 Å². The van der Waals surface area contributed by atoms with Gasteiger partial charge < -0.3 is 14.6 Å². The van der Waals surface area contributed by atoms with E-state index in [0.717, 1.165) is 16.1 Å². The van der Waals surface area contributed by atoms with Gasteiger partial charge in [-0.3, -0.25) is 4.79 Å². The fourth-order valence-electron chi connectivity index (χ4n) is 3.72. The Morgan fingerprint density at radius 1 is 1.03 bits per heavy atom. The van der Waals surface area contributed by atoms with Crippen LogP contribution < -0.4 is 9.47 Å². The second-order valence-corrected chi connectivity index (χ2v) is 9.08. The smallest absolute Gasteiger partial charge is 0.307 e. The molecule has 0 amide bonds. The molecule has 0 atom stereocenters. The zero-order valence-electron chi connectivity index (χ0n) is 17.8. The minimum Gasteiger partial charge on any atom is -0.493 e. The molecule has 0 aliphatic carbocycles. The van der Waals surface area contributed by atoms with Crippen molar-refractivity contribution in [3.63, 3.8) is 0 Å². The number of carbonyl (C=O) groups is 1. The normalized spacial score (nSPS) is 11.5. The molecule has 0 fully saturated rings. The summed E-state index contributed by atoms with van der Waals surface area (Å²) in [6.45, 7) is 1.51.